The van der Waals surface area contributed by atoms with Crippen LogP contribution < -0.4 is 5.73 Å². The van der Waals surface area contributed by atoms with E-state index in [1.807, 2.05) is 0 Å². The molecule has 2 rings (SSSR count). The topological polar surface area (TPSA) is 69.6 Å². The molecule has 2 N–H and O–H groups in total. The van der Waals surface area contributed by atoms with Gasteiger partial charge >= 0.3 is 0 Å². The highest BCUT2D eigenvalue weighted by molar-refractivity contribution is 6.43. The van der Waals surface area contributed by atoms with E-state index in [2.05, 4.69) is 36.3 Å². The number of hydrogen-bond donors (Lipinski definition) is 1. The molecule has 0 radical (unpaired) electrons. The van der Waals surface area contributed by atoms with Gasteiger partial charge < -0.3 is 5.73 Å². The molecule has 1 atom stereocenters. The van der Waals surface area contributed by atoms with Gasteiger partial charge in [-0.1, -0.05) is 37.0 Å². The molecule has 7 heteroatoms. The summed E-state index contributed by atoms with van der Waals surface area (Å²) in [6, 6.07) is 3.61. The molecule has 19 heavy (non-hydrogen) atoms. The van der Waals surface area contributed by atoms with E-state index in [1.165, 1.54) is 0 Å². The molecule has 5 nitrogen and oxygen atoms in total. The first-order chi connectivity index (χ1) is 8.91. The highest BCUT2D eigenvalue weighted by Crippen LogP contribution is 2.33. The van der Waals surface area contributed by atoms with E-state index in [1.54, 1.807) is 16.8 Å². The van der Waals surface area contributed by atoms with Crippen LogP contribution in [0.2, 0.25) is 10.0 Å². The van der Waals surface area contributed by atoms with Crippen molar-refractivity contribution in [1.82, 2.24) is 20.2 Å². The lowest BCUT2D eigenvalue weighted by Crippen LogP contribution is -2.14. The Morgan fingerprint density at radius 3 is 2.47 bits per heavy atom. The molecule has 1 unspecified atom stereocenters. The molecular weight excluding hydrogens is 285 g/mol. The molecule has 0 aliphatic carbocycles. The highest BCUT2D eigenvalue weighted by Gasteiger charge is 2.18. The monoisotopic (exact) mass is 299 g/mol. The average Bonchev–Trinajstić information content (AvgIpc) is 2.83. The quantitative estimate of drug-likeness (QED) is 0.881. The number of hydrogen-bond acceptors (Lipinski definition) is 4. The largest absolute Gasteiger partial charge is 0.397 e. The molecule has 2 aromatic rings. The average molecular weight is 300 g/mol. The van der Waals surface area contributed by atoms with Gasteiger partial charge in [-0.25, -0.2) is 4.68 Å². The molecule has 0 fully saturated rings. The van der Waals surface area contributed by atoms with Gasteiger partial charge in [0.05, 0.1) is 21.8 Å². The number of halogens is 2. The maximum atomic E-state index is 6.04. The Bertz CT molecular complexity index is 571. The Balaban J connectivity index is 2.52. The Morgan fingerprint density at radius 2 is 1.89 bits per heavy atom. The highest BCUT2D eigenvalue weighted by atomic mass is 35.5. The minimum Gasteiger partial charge on any atom is -0.397 e. The van der Waals surface area contributed by atoms with E-state index < -0.39 is 0 Å². The van der Waals surface area contributed by atoms with Crippen molar-refractivity contribution < 1.29 is 0 Å². The van der Waals surface area contributed by atoms with Crippen LogP contribution in [0.4, 0.5) is 5.69 Å². The summed E-state index contributed by atoms with van der Waals surface area (Å²) < 4.78 is 1.77. The summed E-state index contributed by atoms with van der Waals surface area (Å²) >= 11 is 12.0. The second-order valence-electron chi connectivity index (χ2n) is 4.79. The van der Waals surface area contributed by atoms with Crippen molar-refractivity contribution in [3.05, 3.63) is 22.2 Å². The lowest BCUT2D eigenvalue weighted by Gasteiger charge is -2.17. The first-order valence-corrected chi connectivity index (χ1v) is 6.70. The molecule has 0 aliphatic rings. The molecule has 1 aromatic carbocycles. The standard InChI is InChI=1S/C12H15Cl2N5/c1-6(2)7(3)19-12(16-17-18-19)8-4-9(13)11(14)10(15)5-8/h4-7H,15H2,1-3H3. The smallest absolute Gasteiger partial charge is 0.182 e. The van der Waals surface area contributed by atoms with Gasteiger partial charge in [-0.05, 0) is 35.4 Å². The van der Waals surface area contributed by atoms with Crippen molar-refractivity contribution in [1.29, 1.82) is 0 Å². The molecule has 0 saturated carbocycles. The summed E-state index contributed by atoms with van der Waals surface area (Å²) in [5, 5.41) is 12.6. The molecule has 0 aliphatic heterocycles. The van der Waals surface area contributed by atoms with Crippen molar-refractivity contribution in [2.45, 2.75) is 26.8 Å². The zero-order valence-electron chi connectivity index (χ0n) is 10.9. The molecule has 0 spiro atoms. The summed E-state index contributed by atoms with van der Waals surface area (Å²) in [7, 11) is 0. The molecule has 1 heterocycles. The third-order valence-corrected chi connectivity index (χ3v) is 3.97. The van der Waals surface area contributed by atoms with Crippen molar-refractivity contribution >= 4 is 28.9 Å². The number of tetrazole rings is 1. The normalized spacial score (nSPS) is 12.9. The van der Waals surface area contributed by atoms with Gasteiger partial charge in [0.25, 0.3) is 0 Å². The fraction of sp³-hybridized carbons (Fsp3) is 0.417. The van der Waals surface area contributed by atoms with Crippen molar-refractivity contribution in [2.75, 3.05) is 5.73 Å². The fourth-order valence-corrected chi connectivity index (χ4v) is 2.02. The van der Waals surface area contributed by atoms with Crippen molar-refractivity contribution in [3.8, 4) is 11.4 Å². The van der Waals surface area contributed by atoms with Crippen LogP contribution in [0.1, 0.15) is 26.8 Å². The van der Waals surface area contributed by atoms with Gasteiger partial charge in [-0.2, -0.15) is 0 Å². The Hall–Kier alpha value is -1.33. The second kappa shape index (κ2) is 5.35. The molecule has 1 aromatic heterocycles. The molecule has 0 saturated heterocycles. The number of nitrogen functional groups attached to an aromatic ring is 1. The zero-order chi connectivity index (χ0) is 14.2. The number of nitrogens with zero attached hydrogens (tertiary/aromatic N) is 4. The molecule has 102 valence electrons. The Morgan fingerprint density at radius 1 is 1.21 bits per heavy atom. The Labute approximate surface area is 121 Å². The number of anilines is 1. The van der Waals surface area contributed by atoms with E-state index in [-0.39, 0.29) is 6.04 Å². The lowest BCUT2D eigenvalue weighted by molar-refractivity contribution is 0.371. The van der Waals surface area contributed by atoms with E-state index in [9.17, 15) is 0 Å². The molecule has 0 amide bonds. The summed E-state index contributed by atoms with van der Waals surface area (Å²) in [4.78, 5) is 0. The summed E-state index contributed by atoms with van der Waals surface area (Å²) in [5.74, 6) is 1.04. The van der Waals surface area contributed by atoms with Gasteiger partial charge in [-0.15, -0.1) is 5.10 Å². The van der Waals surface area contributed by atoms with Crippen LogP contribution in [-0.4, -0.2) is 20.2 Å². The van der Waals surface area contributed by atoms with Crippen LogP contribution in [0.5, 0.6) is 0 Å². The minimum absolute atomic E-state index is 0.167. The predicted molar refractivity (Wildman–Crippen MR) is 77.2 cm³/mol. The Kier molecular flexibility index (Phi) is 3.96. The number of aromatic nitrogens is 4. The number of rotatable bonds is 3. The van der Waals surface area contributed by atoms with Crippen LogP contribution in [-0.2, 0) is 0 Å². The van der Waals surface area contributed by atoms with Crippen LogP contribution in [0, 0.1) is 5.92 Å². The first-order valence-electron chi connectivity index (χ1n) is 5.94. The molecular formula is C12H15Cl2N5. The predicted octanol–water partition coefficient (Wildman–Crippen LogP) is 3.45. The molecule has 0 bridgehead atoms. The fourth-order valence-electron chi connectivity index (χ4n) is 1.68. The van der Waals surface area contributed by atoms with Gasteiger partial charge in [0.2, 0.25) is 0 Å². The van der Waals surface area contributed by atoms with Crippen molar-refractivity contribution in [3.63, 3.8) is 0 Å². The van der Waals surface area contributed by atoms with Crippen LogP contribution >= 0.6 is 23.2 Å². The van der Waals surface area contributed by atoms with Crippen LogP contribution in [0.25, 0.3) is 11.4 Å². The summed E-state index contributed by atoms with van der Waals surface area (Å²) in [6.45, 7) is 6.28. The maximum Gasteiger partial charge on any atom is 0.182 e. The number of benzene rings is 1. The number of nitrogens with two attached hydrogens (primary N) is 1. The first kappa shape index (κ1) is 14.1. The third-order valence-electron chi connectivity index (χ3n) is 3.16. The van der Waals surface area contributed by atoms with Crippen LogP contribution in [0.15, 0.2) is 12.1 Å². The third kappa shape index (κ3) is 2.67. The summed E-state index contributed by atoms with van der Waals surface area (Å²) in [5.41, 5.74) is 6.99. The van der Waals surface area contributed by atoms with Gasteiger partial charge in [-0.3, -0.25) is 0 Å². The lowest BCUT2D eigenvalue weighted by atomic mass is 10.1. The van der Waals surface area contributed by atoms with E-state index in [0.717, 1.165) is 5.56 Å². The van der Waals surface area contributed by atoms with E-state index >= 15 is 0 Å². The maximum absolute atomic E-state index is 6.04. The van der Waals surface area contributed by atoms with E-state index in [4.69, 9.17) is 28.9 Å². The second-order valence-corrected chi connectivity index (χ2v) is 5.58. The van der Waals surface area contributed by atoms with E-state index in [0.29, 0.717) is 27.5 Å². The van der Waals surface area contributed by atoms with Gasteiger partial charge in [0, 0.05) is 5.56 Å². The minimum atomic E-state index is 0.167. The van der Waals surface area contributed by atoms with Gasteiger partial charge in [0.1, 0.15) is 0 Å². The van der Waals surface area contributed by atoms with Gasteiger partial charge in [0.15, 0.2) is 5.82 Å². The summed E-state index contributed by atoms with van der Waals surface area (Å²) in [6.07, 6.45) is 0. The van der Waals surface area contributed by atoms with Crippen LogP contribution in [0.3, 0.4) is 0 Å². The van der Waals surface area contributed by atoms with Crippen molar-refractivity contribution in [2.24, 2.45) is 5.92 Å². The zero-order valence-corrected chi connectivity index (χ0v) is 12.4. The SMILES string of the molecule is CC(C)C(C)n1nnnc1-c1cc(N)c(Cl)c(Cl)c1.